The zero-order valence-corrected chi connectivity index (χ0v) is 20.6. The summed E-state index contributed by atoms with van der Waals surface area (Å²) >= 11 is 13.5. The van der Waals surface area contributed by atoms with Crippen molar-refractivity contribution < 1.29 is 14.5 Å². The Morgan fingerprint density at radius 1 is 1.11 bits per heavy atom. The lowest BCUT2D eigenvalue weighted by Crippen LogP contribution is -2.14. The molecule has 178 valence electrons. The number of benzene rings is 3. The molecule has 0 unspecified atom stereocenters. The van der Waals surface area contributed by atoms with E-state index >= 15 is 0 Å². The van der Waals surface area contributed by atoms with Crippen molar-refractivity contribution in [2.45, 2.75) is 23.4 Å². The lowest BCUT2D eigenvalue weighted by atomic mass is 10.2. The van der Waals surface area contributed by atoms with E-state index in [1.54, 1.807) is 30.5 Å². The molecule has 4 aromatic rings. The maximum absolute atomic E-state index is 12.7. The molecule has 0 atom stereocenters. The standard InChI is InChI=1S/C24H18Cl2N4O4S/c1-15-5-7-18(8-6-15)35-19-12-16(11-17(13-19)30(32)33)27-24(31)21-9-10-29(28-21)14-34-22-4-2-3-20(25)23(22)26/h2-13H,14H2,1H3,(H,27,31). The molecule has 3 aromatic carbocycles. The number of amides is 1. The van der Waals surface area contributed by atoms with Gasteiger partial charge < -0.3 is 10.1 Å². The van der Waals surface area contributed by atoms with Crippen LogP contribution in [0, 0.1) is 17.0 Å². The fourth-order valence-corrected chi connectivity index (χ4v) is 4.30. The van der Waals surface area contributed by atoms with Gasteiger partial charge in [0.15, 0.2) is 12.4 Å². The first-order valence-corrected chi connectivity index (χ1v) is 11.8. The third kappa shape index (κ3) is 6.33. The van der Waals surface area contributed by atoms with E-state index in [0.717, 1.165) is 10.5 Å². The summed E-state index contributed by atoms with van der Waals surface area (Å²) in [4.78, 5) is 25.2. The molecule has 1 heterocycles. The third-order valence-corrected chi connectivity index (χ3v) is 6.54. The van der Waals surface area contributed by atoms with Crippen LogP contribution in [0.3, 0.4) is 0 Å². The summed E-state index contributed by atoms with van der Waals surface area (Å²) in [6, 6.07) is 18.8. The van der Waals surface area contributed by atoms with Crippen LogP contribution in [0.2, 0.25) is 10.0 Å². The molecule has 11 heteroatoms. The number of nitrogens with zero attached hydrogens (tertiary/aromatic N) is 3. The number of anilines is 1. The Kier molecular flexibility index (Phi) is 7.60. The summed E-state index contributed by atoms with van der Waals surface area (Å²) in [6.07, 6.45) is 1.57. The first-order chi connectivity index (χ1) is 16.8. The average molecular weight is 529 g/mol. The molecule has 0 bridgehead atoms. The van der Waals surface area contributed by atoms with Crippen molar-refractivity contribution in [1.29, 1.82) is 0 Å². The minimum absolute atomic E-state index is 0.00148. The quantitative estimate of drug-likeness (QED) is 0.198. The molecule has 0 spiro atoms. The van der Waals surface area contributed by atoms with Gasteiger partial charge in [-0.15, -0.1) is 0 Å². The van der Waals surface area contributed by atoms with Gasteiger partial charge in [0.25, 0.3) is 11.6 Å². The van der Waals surface area contributed by atoms with Gasteiger partial charge in [-0.25, -0.2) is 4.68 Å². The van der Waals surface area contributed by atoms with Gasteiger partial charge in [-0.3, -0.25) is 14.9 Å². The number of carbonyl (C=O) groups is 1. The molecule has 4 rings (SSSR count). The van der Waals surface area contributed by atoms with Crippen molar-refractivity contribution in [2.75, 3.05) is 5.32 Å². The number of hydrogen-bond acceptors (Lipinski definition) is 6. The molecule has 0 radical (unpaired) electrons. The van der Waals surface area contributed by atoms with Crippen LogP contribution in [0.4, 0.5) is 11.4 Å². The van der Waals surface area contributed by atoms with Gasteiger partial charge in [0.1, 0.15) is 10.8 Å². The predicted octanol–water partition coefficient (Wildman–Crippen LogP) is 6.85. The number of aromatic nitrogens is 2. The smallest absolute Gasteiger partial charge is 0.276 e. The highest BCUT2D eigenvalue weighted by atomic mass is 35.5. The Morgan fingerprint density at radius 2 is 1.89 bits per heavy atom. The fourth-order valence-electron chi connectivity index (χ4n) is 3.04. The first kappa shape index (κ1) is 24.6. The van der Waals surface area contributed by atoms with Crippen molar-refractivity contribution in [2.24, 2.45) is 0 Å². The van der Waals surface area contributed by atoms with Crippen LogP contribution in [0.5, 0.6) is 5.75 Å². The number of ether oxygens (including phenoxy) is 1. The summed E-state index contributed by atoms with van der Waals surface area (Å²) in [7, 11) is 0. The fraction of sp³-hybridized carbons (Fsp3) is 0.0833. The van der Waals surface area contributed by atoms with E-state index in [0.29, 0.717) is 15.7 Å². The molecule has 0 fully saturated rings. The summed E-state index contributed by atoms with van der Waals surface area (Å²) < 4.78 is 7.03. The van der Waals surface area contributed by atoms with Crippen molar-refractivity contribution in [3.05, 3.63) is 104 Å². The number of halogens is 2. The maximum atomic E-state index is 12.7. The normalized spacial score (nSPS) is 10.7. The van der Waals surface area contributed by atoms with Gasteiger partial charge in [-0.2, -0.15) is 5.10 Å². The average Bonchev–Trinajstić information content (AvgIpc) is 3.31. The molecular weight excluding hydrogens is 511 g/mol. The number of hydrogen-bond donors (Lipinski definition) is 1. The molecule has 1 N–H and O–H groups in total. The van der Waals surface area contributed by atoms with Crippen LogP contribution in [-0.4, -0.2) is 20.6 Å². The third-order valence-electron chi connectivity index (χ3n) is 4.76. The molecule has 35 heavy (non-hydrogen) atoms. The number of nitro benzene ring substituents is 1. The number of nitro groups is 1. The van der Waals surface area contributed by atoms with Crippen molar-refractivity contribution in [3.63, 3.8) is 0 Å². The van der Waals surface area contributed by atoms with Crippen molar-refractivity contribution >= 4 is 52.2 Å². The Bertz CT molecular complexity index is 1390. The Labute approximate surface area is 215 Å². The number of aryl methyl sites for hydroxylation is 1. The minimum atomic E-state index is -0.517. The monoisotopic (exact) mass is 528 g/mol. The number of carbonyl (C=O) groups excluding carboxylic acids is 1. The van der Waals surface area contributed by atoms with Crippen LogP contribution in [0.25, 0.3) is 0 Å². The Morgan fingerprint density at radius 3 is 2.63 bits per heavy atom. The highest BCUT2D eigenvalue weighted by molar-refractivity contribution is 7.99. The van der Waals surface area contributed by atoms with Crippen LogP contribution >= 0.6 is 35.0 Å². The van der Waals surface area contributed by atoms with E-state index in [1.165, 1.54) is 34.6 Å². The highest BCUT2D eigenvalue weighted by Crippen LogP contribution is 2.33. The van der Waals surface area contributed by atoms with Gasteiger partial charge in [0.05, 0.1) is 9.95 Å². The van der Waals surface area contributed by atoms with Crippen LogP contribution in [-0.2, 0) is 6.73 Å². The largest absolute Gasteiger partial charge is 0.470 e. The zero-order chi connectivity index (χ0) is 24.9. The summed E-state index contributed by atoms with van der Waals surface area (Å²) in [5.74, 6) is -0.132. The predicted molar refractivity (Wildman–Crippen MR) is 136 cm³/mol. The molecule has 0 saturated heterocycles. The Hall–Kier alpha value is -3.53. The van der Waals surface area contributed by atoms with Crippen molar-refractivity contribution in [1.82, 2.24) is 9.78 Å². The van der Waals surface area contributed by atoms with E-state index in [4.69, 9.17) is 27.9 Å². The first-order valence-electron chi connectivity index (χ1n) is 10.2. The number of rotatable bonds is 8. The van der Waals surface area contributed by atoms with E-state index in [-0.39, 0.29) is 28.8 Å². The molecule has 1 amide bonds. The molecule has 0 saturated carbocycles. The second-order valence-electron chi connectivity index (χ2n) is 7.41. The number of nitrogens with one attached hydrogen (secondary N) is 1. The SMILES string of the molecule is Cc1ccc(Sc2cc(NC(=O)c3ccn(COc4cccc(Cl)c4Cl)n3)cc([N+](=O)[O-])c2)cc1. The molecule has 0 aliphatic carbocycles. The lowest BCUT2D eigenvalue weighted by molar-refractivity contribution is -0.385. The van der Waals surface area contributed by atoms with E-state index in [9.17, 15) is 14.9 Å². The topological polar surface area (TPSA) is 99.3 Å². The maximum Gasteiger partial charge on any atom is 0.276 e. The van der Waals surface area contributed by atoms with Gasteiger partial charge in [-0.1, -0.05) is 58.7 Å². The molecular formula is C24H18Cl2N4O4S. The number of non-ortho nitro benzene ring substituents is 1. The molecule has 0 aliphatic rings. The van der Waals surface area contributed by atoms with Crippen LogP contribution in [0.1, 0.15) is 16.1 Å². The summed E-state index contributed by atoms with van der Waals surface area (Å²) in [6.45, 7) is 1.98. The van der Waals surface area contributed by atoms with Gasteiger partial charge in [0, 0.05) is 33.8 Å². The molecule has 0 aliphatic heterocycles. The van der Waals surface area contributed by atoms with Gasteiger partial charge in [0.2, 0.25) is 0 Å². The lowest BCUT2D eigenvalue weighted by Gasteiger charge is -2.09. The molecule has 1 aromatic heterocycles. The van der Waals surface area contributed by atoms with Gasteiger partial charge in [-0.05, 0) is 43.3 Å². The summed E-state index contributed by atoms with van der Waals surface area (Å²) in [5, 5.41) is 19.0. The van der Waals surface area contributed by atoms with Gasteiger partial charge >= 0.3 is 0 Å². The minimum Gasteiger partial charge on any atom is -0.470 e. The van der Waals surface area contributed by atoms with Crippen LogP contribution < -0.4 is 10.1 Å². The molecule has 8 nitrogen and oxygen atoms in total. The second kappa shape index (κ2) is 10.8. The highest BCUT2D eigenvalue weighted by Gasteiger charge is 2.15. The zero-order valence-electron chi connectivity index (χ0n) is 18.3. The van der Waals surface area contributed by atoms with E-state index in [2.05, 4.69) is 10.4 Å². The van der Waals surface area contributed by atoms with Crippen molar-refractivity contribution in [3.8, 4) is 5.75 Å². The second-order valence-corrected chi connectivity index (χ2v) is 9.34. The van der Waals surface area contributed by atoms with E-state index in [1.807, 2.05) is 31.2 Å². The Balaban J connectivity index is 1.46. The summed E-state index contributed by atoms with van der Waals surface area (Å²) in [5.41, 5.74) is 1.39. The van der Waals surface area contributed by atoms with E-state index < -0.39 is 10.8 Å². The van der Waals surface area contributed by atoms with Crippen LogP contribution in [0.15, 0.2) is 82.7 Å².